The second kappa shape index (κ2) is 5.30. The molecule has 0 aromatic carbocycles. The quantitative estimate of drug-likeness (QED) is 0.944. The summed E-state index contributed by atoms with van der Waals surface area (Å²) in [5.41, 5.74) is 4.65. The topological polar surface area (TPSA) is 44.8 Å². The van der Waals surface area contributed by atoms with Crippen LogP contribution in [0.5, 0.6) is 0 Å². The van der Waals surface area contributed by atoms with Gasteiger partial charge in [-0.25, -0.2) is 4.98 Å². The molecule has 4 nitrogen and oxygen atoms in total. The molecule has 0 radical (unpaired) electrons. The maximum Gasteiger partial charge on any atom is 0.124 e. The van der Waals surface area contributed by atoms with Crippen molar-refractivity contribution in [2.75, 3.05) is 6.54 Å². The number of hydrogen-bond donors (Lipinski definition) is 1. The van der Waals surface area contributed by atoms with Gasteiger partial charge in [-0.3, -0.25) is 9.88 Å². The molecule has 0 spiro atoms. The summed E-state index contributed by atoms with van der Waals surface area (Å²) < 4.78 is 0. The first kappa shape index (κ1) is 12.5. The Bertz CT molecular complexity index is 551. The highest BCUT2D eigenvalue weighted by atomic mass is 32.1. The van der Waals surface area contributed by atoms with Crippen molar-refractivity contribution in [3.63, 3.8) is 0 Å². The number of aromatic amines is 1. The van der Waals surface area contributed by atoms with E-state index in [2.05, 4.69) is 14.9 Å². The third-order valence-electron chi connectivity index (χ3n) is 4.49. The second-order valence-electron chi connectivity index (χ2n) is 5.85. The molecule has 1 saturated heterocycles. The van der Waals surface area contributed by atoms with Crippen LogP contribution in [0.25, 0.3) is 0 Å². The molecule has 20 heavy (non-hydrogen) atoms. The van der Waals surface area contributed by atoms with Crippen LogP contribution >= 0.6 is 11.3 Å². The monoisotopic (exact) mass is 288 g/mol. The van der Waals surface area contributed by atoms with Gasteiger partial charge in [0.15, 0.2) is 0 Å². The van der Waals surface area contributed by atoms with Crippen molar-refractivity contribution in [3.05, 3.63) is 33.8 Å². The van der Waals surface area contributed by atoms with Crippen LogP contribution in [0.4, 0.5) is 0 Å². The summed E-state index contributed by atoms with van der Waals surface area (Å²) in [6, 6.07) is 0.475. The largest absolute Gasteiger partial charge is 0.344 e. The van der Waals surface area contributed by atoms with Gasteiger partial charge in [0.25, 0.3) is 0 Å². The number of fused-ring (bicyclic) bond motifs is 1. The molecule has 4 rings (SSSR count). The number of nitrogens with zero attached hydrogens (tertiary/aromatic N) is 3. The third kappa shape index (κ3) is 2.29. The molecule has 1 aliphatic carbocycles. The molecule has 0 amide bonds. The van der Waals surface area contributed by atoms with Crippen LogP contribution in [0.15, 0.2) is 11.7 Å². The van der Waals surface area contributed by atoms with E-state index in [-0.39, 0.29) is 0 Å². The number of rotatable bonds is 3. The van der Waals surface area contributed by atoms with Gasteiger partial charge in [-0.15, -0.1) is 11.3 Å². The molecule has 1 aliphatic heterocycles. The first-order valence-electron chi connectivity index (χ1n) is 7.59. The van der Waals surface area contributed by atoms with E-state index in [0.717, 1.165) is 13.0 Å². The van der Waals surface area contributed by atoms with Crippen molar-refractivity contribution in [1.82, 2.24) is 19.9 Å². The van der Waals surface area contributed by atoms with Gasteiger partial charge < -0.3 is 4.98 Å². The van der Waals surface area contributed by atoms with Gasteiger partial charge in [-0.2, -0.15) is 0 Å². The maximum absolute atomic E-state index is 4.90. The minimum absolute atomic E-state index is 0.475. The van der Waals surface area contributed by atoms with Crippen LogP contribution in [0.1, 0.15) is 53.8 Å². The fourth-order valence-electron chi connectivity index (χ4n) is 3.48. The van der Waals surface area contributed by atoms with Crippen molar-refractivity contribution in [3.8, 4) is 0 Å². The zero-order chi connectivity index (χ0) is 13.4. The van der Waals surface area contributed by atoms with Crippen molar-refractivity contribution in [2.24, 2.45) is 0 Å². The first-order chi connectivity index (χ1) is 9.90. The van der Waals surface area contributed by atoms with Gasteiger partial charge >= 0.3 is 0 Å². The van der Waals surface area contributed by atoms with Gasteiger partial charge in [0.2, 0.25) is 0 Å². The standard InChI is InChI=1S/C15H20N4S/c1-2-5-13-12(4-1)17-15(18-13)14-6-3-7-19(14)9-11-8-16-10-20-11/h8,10,14H,1-7,9H2,(H,17,18)/t14-/m1/s1. The molecule has 0 unspecified atom stereocenters. The minimum Gasteiger partial charge on any atom is -0.344 e. The Labute approximate surface area is 123 Å². The first-order valence-corrected chi connectivity index (χ1v) is 8.47. The third-order valence-corrected chi connectivity index (χ3v) is 5.26. The number of aryl methyl sites for hydroxylation is 2. The number of thiazole rings is 1. The molecular weight excluding hydrogens is 268 g/mol. The van der Waals surface area contributed by atoms with Gasteiger partial charge in [0.05, 0.1) is 17.2 Å². The van der Waals surface area contributed by atoms with E-state index in [9.17, 15) is 0 Å². The molecule has 106 valence electrons. The number of aromatic nitrogens is 3. The molecular formula is C15H20N4S. The number of likely N-dealkylation sites (tertiary alicyclic amines) is 1. The Hall–Kier alpha value is -1.20. The Morgan fingerprint density at radius 1 is 1.30 bits per heavy atom. The van der Waals surface area contributed by atoms with E-state index in [0.29, 0.717) is 6.04 Å². The lowest BCUT2D eigenvalue weighted by Crippen LogP contribution is -2.23. The Morgan fingerprint density at radius 2 is 2.25 bits per heavy atom. The summed E-state index contributed by atoms with van der Waals surface area (Å²) >= 11 is 1.75. The smallest absolute Gasteiger partial charge is 0.124 e. The molecule has 1 atom stereocenters. The predicted molar refractivity (Wildman–Crippen MR) is 79.7 cm³/mol. The highest BCUT2D eigenvalue weighted by Crippen LogP contribution is 2.33. The van der Waals surface area contributed by atoms with Crippen molar-refractivity contribution < 1.29 is 0 Å². The molecule has 1 N–H and O–H groups in total. The Balaban J connectivity index is 1.55. The fourth-order valence-corrected chi connectivity index (χ4v) is 4.10. The van der Waals surface area contributed by atoms with Gasteiger partial charge in [0, 0.05) is 23.3 Å². The van der Waals surface area contributed by atoms with E-state index >= 15 is 0 Å². The lowest BCUT2D eigenvalue weighted by molar-refractivity contribution is 0.242. The molecule has 2 aromatic heterocycles. The normalized spacial score (nSPS) is 23.1. The number of H-pyrrole nitrogens is 1. The molecule has 2 aromatic rings. The summed E-state index contributed by atoms with van der Waals surface area (Å²) in [6.07, 6.45) is 9.45. The summed E-state index contributed by atoms with van der Waals surface area (Å²) in [4.78, 5) is 16.6. The molecule has 5 heteroatoms. The van der Waals surface area contributed by atoms with Crippen LogP contribution in [0.3, 0.4) is 0 Å². The van der Waals surface area contributed by atoms with E-state index in [4.69, 9.17) is 4.98 Å². The number of hydrogen-bond acceptors (Lipinski definition) is 4. The van der Waals surface area contributed by atoms with Gasteiger partial charge in [-0.1, -0.05) is 0 Å². The van der Waals surface area contributed by atoms with Crippen LogP contribution in [-0.2, 0) is 19.4 Å². The second-order valence-corrected chi connectivity index (χ2v) is 6.82. The summed E-state index contributed by atoms with van der Waals surface area (Å²) in [7, 11) is 0. The van der Waals surface area contributed by atoms with E-state index < -0.39 is 0 Å². The lowest BCUT2D eigenvalue weighted by Gasteiger charge is -2.21. The molecule has 2 aliphatic rings. The fraction of sp³-hybridized carbons (Fsp3) is 0.600. The van der Waals surface area contributed by atoms with Gasteiger partial charge in [0.1, 0.15) is 5.82 Å². The minimum atomic E-state index is 0.475. The van der Waals surface area contributed by atoms with E-state index in [1.165, 1.54) is 60.7 Å². The maximum atomic E-state index is 4.90. The highest BCUT2D eigenvalue weighted by molar-refractivity contribution is 7.09. The Kier molecular flexibility index (Phi) is 3.32. The number of imidazole rings is 1. The van der Waals surface area contributed by atoms with Crippen LogP contribution < -0.4 is 0 Å². The average Bonchev–Trinajstić information content (AvgIpc) is 3.18. The van der Waals surface area contributed by atoms with Crippen molar-refractivity contribution >= 4 is 11.3 Å². The average molecular weight is 288 g/mol. The van der Waals surface area contributed by atoms with Crippen molar-refractivity contribution in [2.45, 2.75) is 51.1 Å². The lowest BCUT2D eigenvalue weighted by atomic mass is 10.0. The zero-order valence-corrected chi connectivity index (χ0v) is 12.5. The van der Waals surface area contributed by atoms with Crippen LogP contribution in [0, 0.1) is 0 Å². The van der Waals surface area contributed by atoms with E-state index in [1.807, 2.05) is 11.7 Å². The molecule has 0 saturated carbocycles. The van der Waals surface area contributed by atoms with Crippen LogP contribution in [0.2, 0.25) is 0 Å². The highest BCUT2D eigenvalue weighted by Gasteiger charge is 2.29. The SMILES string of the molecule is c1ncc(CN2CCC[C@@H]2c2nc3c([nH]2)CCCC3)s1. The van der Waals surface area contributed by atoms with Gasteiger partial charge in [-0.05, 0) is 45.1 Å². The molecule has 1 fully saturated rings. The molecule has 3 heterocycles. The number of nitrogens with one attached hydrogen (secondary N) is 1. The summed E-state index contributed by atoms with van der Waals surface area (Å²) in [5.74, 6) is 1.21. The van der Waals surface area contributed by atoms with E-state index in [1.54, 1.807) is 11.3 Å². The van der Waals surface area contributed by atoms with Crippen LogP contribution in [-0.4, -0.2) is 26.4 Å². The zero-order valence-electron chi connectivity index (χ0n) is 11.6. The predicted octanol–water partition coefficient (Wildman–Crippen LogP) is 3.08. The Morgan fingerprint density at radius 3 is 3.10 bits per heavy atom. The molecule has 0 bridgehead atoms. The van der Waals surface area contributed by atoms with Crippen molar-refractivity contribution in [1.29, 1.82) is 0 Å². The summed E-state index contributed by atoms with van der Waals surface area (Å²) in [5, 5.41) is 0. The summed E-state index contributed by atoms with van der Waals surface area (Å²) in [6.45, 7) is 2.19.